The first kappa shape index (κ1) is 12.7. The molecule has 3 nitrogen and oxygen atoms in total. The lowest BCUT2D eigenvalue weighted by atomic mass is 10.1. The van der Waals surface area contributed by atoms with E-state index in [-0.39, 0.29) is 5.91 Å². The van der Waals surface area contributed by atoms with Crippen molar-refractivity contribution < 1.29 is 4.79 Å². The molecule has 0 aromatic heterocycles. The summed E-state index contributed by atoms with van der Waals surface area (Å²) >= 11 is 0. The summed E-state index contributed by atoms with van der Waals surface area (Å²) in [6, 6.07) is 6.04. The van der Waals surface area contributed by atoms with E-state index in [1.165, 1.54) is 0 Å². The van der Waals surface area contributed by atoms with E-state index in [1.807, 2.05) is 50.1 Å². The number of hydrogen-bond acceptors (Lipinski definition) is 2. The van der Waals surface area contributed by atoms with Gasteiger partial charge in [-0.1, -0.05) is 24.3 Å². The third kappa shape index (κ3) is 2.55. The van der Waals surface area contributed by atoms with Gasteiger partial charge in [0, 0.05) is 19.3 Å². The number of nitrogens with one attached hydrogen (secondary N) is 1. The highest BCUT2D eigenvalue weighted by Gasteiger charge is 2.18. The fourth-order valence-electron chi connectivity index (χ4n) is 2.30. The average Bonchev–Trinajstić information content (AvgIpc) is 2.34. The van der Waals surface area contributed by atoms with Crippen molar-refractivity contribution in [2.45, 2.75) is 26.7 Å². The van der Waals surface area contributed by atoms with Crippen molar-refractivity contribution in [1.29, 1.82) is 0 Å². The minimum absolute atomic E-state index is 0.00500. The van der Waals surface area contributed by atoms with Crippen LogP contribution in [-0.2, 0) is 4.79 Å². The van der Waals surface area contributed by atoms with Crippen molar-refractivity contribution in [2.24, 2.45) is 0 Å². The molecule has 1 heterocycles. The zero-order valence-corrected chi connectivity index (χ0v) is 11.3. The largest absolute Gasteiger partial charge is 0.370 e. The number of likely N-dealkylation sites (N-methyl/N-ethyl adjacent to an activating group) is 1. The summed E-state index contributed by atoms with van der Waals surface area (Å²) in [7, 11) is 1.97. The maximum absolute atomic E-state index is 12.3. The molecule has 1 aliphatic rings. The first-order valence-corrected chi connectivity index (χ1v) is 6.38. The summed E-state index contributed by atoms with van der Waals surface area (Å²) < 4.78 is 0. The summed E-state index contributed by atoms with van der Waals surface area (Å²) in [4.78, 5) is 14.3. The van der Waals surface area contributed by atoms with Gasteiger partial charge in [0.1, 0.15) is 0 Å². The highest BCUT2D eigenvalue weighted by molar-refractivity contribution is 6.04. The standard InChI is InChI=1S/C15H20N2O/c1-11-7-6-8-12(2)14(11)16-15(18)13-9-4-5-10-17(13)3/h6-9H,4-5,10H2,1-3H3,(H,16,18). The molecule has 0 saturated heterocycles. The lowest BCUT2D eigenvalue weighted by Gasteiger charge is -2.25. The van der Waals surface area contributed by atoms with Gasteiger partial charge in [0.15, 0.2) is 0 Å². The highest BCUT2D eigenvalue weighted by atomic mass is 16.2. The summed E-state index contributed by atoms with van der Waals surface area (Å²) in [5.41, 5.74) is 3.91. The number of hydrogen-bond donors (Lipinski definition) is 1. The number of amides is 1. The number of aryl methyl sites for hydroxylation is 2. The van der Waals surface area contributed by atoms with Crippen LogP contribution in [0, 0.1) is 13.8 Å². The third-order valence-electron chi connectivity index (χ3n) is 3.40. The van der Waals surface area contributed by atoms with Gasteiger partial charge in [0.05, 0.1) is 5.70 Å². The molecule has 0 radical (unpaired) electrons. The Morgan fingerprint density at radius 3 is 2.56 bits per heavy atom. The molecule has 0 bridgehead atoms. The van der Waals surface area contributed by atoms with Crippen LogP contribution in [0.15, 0.2) is 30.0 Å². The van der Waals surface area contributed by atoms with Crippen molar-refractivity contribution in [2.75, 3.05) is 18.9 Å². The first-order valence-electron chi connectivity index (χ1n) is 6.38. The van der Waals surface area contributed by atoms with Crippen molar-refractivity contribution in [3.05, 3.63) is 41.1 Å². The lowest BCUT2D eigenvalue weighted by molar-refractivity contribution is -0.114. The molecule has 0 aliphatic carbocycles. The topological polar surface area (TPSA) is 32.3 Å². The predicted octanol–water partition coefficient (Wildman–Crippen LogP) is 2.85. The van der Waals surface area contributed by atoms with Crippen molar-refractivity contribution in [3.63, 3.8) is 0 Å². The van der Waals surface area contributed by atoms with Crippen LogP contribution < -0.4 is 5.32 Å². The molecule has 2 rings (SSSR count). The zero-order chi connectivity index (χ0) is 13.1. The summed E-state index contributed by atoms with van der Waals surface area (Å²) in [5, 5.41) is 3.03. The molecule has 1 N–H and O–H groups in total. The molecular formula is C15H20N2O. The fraction of sp³-hybridized carbons (Fsp3) is 0.400. The molecule has 0 atom stereocenters. The number of nitrogens with zero attached hydrogens (tertiary/aromatic N) is 1. The van der Waals surface area contributed by atoms with E-state index in [0.717, 1.165) is 41.9 Å². The van der Waals surface area contributed by atoms with Crippen LogP contribution in [0.5, 0.6) is 0 Å². The Morgan fingerprint density at radius 2 is 1.94 bits per heavy atom. The monoisotopic (exact) mass is 244 g/mol. The van der Waals surface area contributed by atoms with E-state index < -0.39 is 0 Å². The van der Waals surface area contributed by atoms with Crippen LogP contribution in [0.1, 0.15) is 24.0 Å². The zero-order valence-electron chi connectivity index (χ0n) is 11.3. The molecule has 0 fully saturated rings. The molecule has 3 heteroatoms. The van der Waals surface area contributed by atoms with E-state index in [4.69, 9.17) is 0 Å². The quantitative estimate of drug-likeness (QED) is 0.867. The number of rotatable bonds is 2. The number of carbonyl (C=O) groups excluding carboxylic acids is 1. The molecule has 1 amide bonds. The summed E-state index contributed by atoms with van der Waals surface area (Å²) in [5.74, 6) is -0.00500. The maximum atomic E-state index is 12.3. The van der Waals surface area contributed by atoms with E-state index in [9.17, 15) is 4.79 Å². The predicted molar refractivity (Wildman–Crippen MR) is 74.5 cm³/mol. The summed E-state index contributed by atoms with van der Waals surface area (Å²) in [6.07, 6.45) is 4.13. The number of allylic oxidation sites excluding steroid dienone is 1. The average molecular weight is 244 g/mol. The first-order chi connectivity index (χ1) is 8.59. The molecular weight excluding hydrogens is 224 g/mol. The second-order valence-electron chi connectivity index (χ2n) is 4.87. The maximum Gasteiger partial charge on any atom is 0.271 e. The molecule has 1 aromatic rings. The summed E-state index contributed by atoms with van der Waals surface area (Å²) in [6.45, 7) is 4.98. The van der Waals surface area contributed by atoms with Gasteiger partial charge in [-0.05, 0) is 37.8 Å². The Morgan fingerprint density at radius 1 is 1.28 bits per heavy atom. The van der Waals surface area contributed by atoms with E-state index in [1.54, 1.807) is 0 Å². The molecule has 96 valence electrons. The van der Waals surface area contributed by atoms with Crippen LogP contribution in [0.3, 0.4) is 0 Å². The number of benzene rings is 1. The highest BCUT2D eigenvalue weighted by Crippen LogP contribution is 2.21. The number of para-hydroxylation sites is 1. The minimum atomic E-state index is -0.00500. The second kappa shape index (κ2) is 5.25. The van der Waals surface area contributed by atoms with E-state index >= 15 is 0 Å². The molecule has 18 heavy (non-hydrogen) atoms. The van der Waals surface area contributed by atoms with E-state index in [0.29, 0.717) is 0 Å². The fourth-order valence-corrected chi connectivity index (χ4v) is 2.30. The van der Waals surface area contributed by atoms with Gasteiger partial charge >= 0.3 is 0 Å². The number of carbonyl (C=O) groups is 1. The third-order valence-corrected chi connectivity index (χ3v) is 3.40. The van der Waals surface area contributed by atoms with Crippen LogP contribution >= 0.6 is 0 Å². The Bertz CT molecular complexity index is 471. The van der Waals surface area contributed by atoms with Crippen LogP contribution in [-0.4, -0.2) is 24.4 Å². The minimum Gasteiger partial charge on any atom is -0.370 e. The van der Waals surface area contributed by atoms with Gasteiger partial charge in [-0.15, -0.1) is 0 Å². The Hall–Kier alpha value is -1.77. The van der Waals surface area contributed by atoms with Crippen LogP contribution in [0.2, 0.25) is 0 Å². The smallest absolute Gasteiger partial charge is 0.271 e. The van der Waals surface area contributed by atoms with Crippen molar-refractivity contribution in [1.82, 2.24) is 4.90 Å². The van der Waals surface area contributed by atoms with Crippen LogP contribution in [0.4, 0.5) is 5.69 Å². The SMILES string of the molecule is Cc1cccc(C)c1NC(=O)C1=CCCCN1C. The van der Waals surface area contributed by atoms with Crippen LogP contribution in [0.25, 0.3) is 0 Å². The molecule has 1 aromatic carbocycles. The molecule has 0 unspecified atom stereocenters. The Labute approximate surface area is 108 Å². The van der Waals surface area contributed by atoms with E-state index in [2.05, 4.69) is 5.32 Å². The molecule has 0 spiro atoms. The van der Waals surface area contributed by atoms with Gasteiger partial charge in [0.2, 0.25) is 0 Å². The second-order valence-corrected chi connectivity index (χ2v) is 4.87. The normalized spacial score (nSPS) is 15.3. The van der Waals surface area contributed by atoms with Gasteiger partial charge < -0.3 is 10.2 Å². The lowest BCUT2D eigenvalue weighted by Crippen LogP contribution is -2.31. The van der Waals surface area contributed by atoms with Crippen molar-refractivity contribution >= 4 is 11.6 Å². The molecule has 0 saturated carbocycles. The van der Waals surface area contributed by atoms with Gasteiger partial charge in [0.25, 0.3) is 5.91 Å². The number of anilines is 1. The van der Waals surface area contributed by atoms with Gasteiger partial charge in [-0.2, -0.15) is 0 Å². The van der Waals surface area contributed by atoms with Crippen molar-refractivity contribution in [3.8, 4) is 0 Å². The Kier molecular flexibility index (Phi) is 3.70. The molecule has 1 aliphatic heterocycles. The van der Waals surface area contributed by atoms with Gasteiger partial charge in [-0.25, -0.2) is 0 Å². The Balaban J connectivity index is 2.19. The van der Waals surface area contributed by atoms with Gasteiger partial charge in [-0.3, -0.25) is 4.79 Å².